The number of ether oxygens (including phenoxy) is 1. The third kappa shape index (κ3) is 2.39. The highest BCUT2D eigenvalue weighted by atomic mass is 16.5. The van der Waals surface area contributed by atoms with Gasteiger partial charge < -0.3 is 4.74 Å². The second kappa shape index (κ2) is 6.52. The smallest absolute Gasteiger partial charge is 0.190 e. The number of nitriles is 3. The van der Waals surface area contributed by atoms with Crippen LogP contribution in [0, 0.1) is 39.4 Å². The molecular weight excluding hydrogens is 350 g/mol. The molecule has 0 amide bonds. The summed E-state index contributed by atoms with van der Waals surface area (Å²) in [6.45, 7) is 0. The summed E-state index contributed by atoms with van der Waals surface area (Å²) in [5, 5.41) is 27.9. The summed E-state index contributed by atoms with van der Waals surface area (Å²) in [5.41, 5.74) is 0.636. The molecule has 1 heterocycles. The molecule has 2 aliphatic rings. The first kappa shape index (κ1) is 17.8. The monoisotopic (exact) mass is 367 g/mol. The number of carbonyl (C=O) groups is 1. The number of fused-ring (bicyclic) bond motifs is 1. The molecule has 0 saturated heterocycles. The van der Waals surface area contributed by atoms with E-state index in [0.717, 1.165) is 17.5 Å². The fourth-order valence-electron chi connectivity index (χ4n) is 4.27. The minimum Gasteiger partial charge on any atom is -0.484 e. The Morgan fingerprint density at radius 1 is 1.00 bits per heavy atom. The summed E-state index contributed by atoms with van der Waals surface area (Å²) >= 11 is 0. The van der Waals surface area contributed by atoms with Crippen LogP contribution in [0.25, 0.3) is 11.1 Å². The Bertz CT molecular complexity index is 1080. The average Bonchev–Trinajstić information content (AvgIpc) is 2.71. The van der Waals surface area contributed by atoms with Gasteiger partial charge in [-0.1, -0.05) is 18.2 Å². The van der Waals surface area contributed by atoms with Crippen molar-refractivity contribution in [3.05, 3.63) is 53.6 Å². The fourth-order valence-corrected chi connectivity index (χ4v) is 4.27. The second-order valence-corrected chi connectivity index (χ2v) is 7.35. The lowest BCUT2D eigenvalue weighted by molar-refractivity contribution is -0.0866. The lowest BCUT2D eigenvalue weighted by atomic mass is 9.56. The molecule has 1 atom stereocenters. The van der Waals surface area contributed by atoms with E-state index >= 15 is 0 Å². The molecule has 0 radical (unpaired) electrons. The van der Waals surface area contributed by atoms with Crippen LogP contribution in [0.4, 0.5) is 0 Å². The van der Waals surface area contributed by atoms with E-state index in [2.05, 4.69) is 18.2 Å². The lowest BCUT2D eigenvalue weighted by Gasteiger charge is -2.53. The van der Waals surface area contributed by atoms with Crippen molar-refractivity contribution in [1.82, 2.24) is 0 Å². The summed E-state index contributed by atoms with van der Waals surface area (Å²) in [6, 6.07) is 19.0. The molecule has 5 nitrogen and oxygen atoms in total. The van der Waals surface area contributed by atoms with E-state index in [1.54, 1.807) is 18.2 Å². The molecule has 1 fully saturated rings. The summed E-state index contributed by atoms with van der Waals surface area (Å²) in [4.78, 5) is 13.4. The Morgan fingerprint density at radius 2 is 1.71 bits per heavy atom. The largest absolute Gasteiger partial charge is 0.484 e. The van der Waals surface area contributed by atoms with Gasteiger partial charge in [-0.15, -0.1) is 0 Å². The lowest BCUT2D eigenvalue weighted by Crippen LogP contribution is -2.62. The molecule has 1 aliphatic heterocycles. The highest BCUT2D eigenvalue weighted by Gasteiger charge is 2.64. The standard InChI is InChI=1S/C23H17N3O2/c24-12-2-9-22(15-26)21(27)19-8-7-18(17-5-3-16(14-25)4-6-17)13-20(19)28-23(22)10-1-11-23/h3-8,13H,1-2,9-11H2. The van der Waals surface area contributed by atoms with Crippen LogP contribution in [0.3, 0.4) is 0 Å². The van der Waals surface area contributed by atoms with E-state index in [1.165, 1.54) is 0 Å². The summed E-state index contributed by atoms with van der Waals surface area (Å²) < 4.78 is 6.33. The van der Waals surface area contributed by atoms with Crippen LogP contribution in [0.15, 0.2) is 42.5 Å². The first-order chi connectivity index (χ1) is 13.6. The van der Waals surface area contributed by atoms with Gasteiger partial charge >= 0.3 is 0 Å². The quantitative estimate of drug-likeness (QED) is 0.793. The van der Waals surface area contributed by atoms with Gasteiger partial charge in [-0.05, 0) is 61.1 Å². The van der Waals surface area contributed by atoms with Crippen molar-refractivity contribution < 1.29 is 9.53 Å². The fraction of sp³-hybridized carbons (Fsp3) is 0.304. The zero-order valence-electron chi connectivity index (χ0n) is 15.2. The van der Waals surface area contributed by atoms with Crippen LogP contribution >= 0.6 is 0 Å². The Labute approximate surface area is 163 Å². The molecule has 1 unspecified atom stereocenters. The number of carbonyl (C=O) groups excluding carboxylic acids is 1. The number of rotatable bonds is 3. The van der Waals surface area contributed by atoms with Crippen LogP contribution in [0.5, 0.6) is 5.75 Å². The number of hydrogen-bond donors (Lipinski definition) is 0. The van der Waals surface area contributed by atoms with Gasteiger partial charge in [0.1, 0.15) is 11.4 Å². The zero-order chi connectivity index (χ0) is 19.8. The molecule has 28 heavy (non-hydrogen) atoms. The van der Waals surface area contributed by atoms with Gasteiger partial charge in [-0.3, -0.25) is 4.79 Å². The summed E-state index contributed by atoms with van der Waals surface area (Å²) in [5.74, 6) is 0.256. The van der Waals surface area contributed by atoms with Gasteiger partial charge in [-0.2, -0.15) is 15.8 Å². The molecule has 136 valence electrons. The van der Waals surface area contributed by atoms with E-state index in [4.69, 9.17) is 15.3 Å². The molecule has 5 heteroatoms. The van der Waals surface area contributed by atoms with Crippen molar-refractivity contribution in [2.24, 2.45) is 5.41 Å². The van der Waals surface area contributed by atoms with Crippen LogP contribution < -0.4 is 4.74 Å². The topological polar surface area (TPSA) is 97.7 Å². The maximum atomic E-state index is 13.4. The maximum absolute atomic E-state index is 13.4. The predicted octanol–water partition coefficient (Wildman–Crippen LogP) is 4.54. The Hall–Kier alpha value is -3.62. The highest BCUT2D eigenvalue weighted by molar-refractivity contribution is 6.07. The normalized spacial score (nSPS) is 21.4. The predicted molar refractivity (Wildman–Crippen MR) is 101 cm³/mol. The first-order valence-corrected chi connectivity index (χ1v) is 9.26. The number of ketones is 1. The van der Waals surface area contributed by atoms with Crippen LogP contribution in [-0.4, -0.2) is 11.4 Å². The van der Waals surface area contributed by atoms with Crippen LogP contribution in [-0.2, 0) is 0 Å². The summed E-state index contributed by atoms with van der Waals surface area (Å²) in [7, 11) is 0. The molecule has 0 bridgehead atoms. The van der Waals surface area contributed by atoms with Crippen LogP contribution in [0.1, 0.15) is 48.0 Å². The first-order valence-electron chi connectivity index (χ1n) is 9.26. The maximum Gasteiger partial charge on any atom is 0.190 e. The molecule has 1 spiro atoms. The van der Waals surface area contributed by atoms with Gasteiger partial charge in [0, 0.05) is 6.42 Å². The van der Waals surface area contributed by atoms with Gasteiger partial charge in [0.25, 0.3) is 0 Å². The SMILES string of the molecule is N#CCCC1(C#N)C(=O)c2ccc(-c3ccc(C#N)cc3)cc2OC12CCC2. The van der Waals surface area contributed by atoms with Crippen LogP contribution in [0.2, 0.25) is 0 Å². The molecule has 1 aliphatic carbocycles. The van der Waals surface area contributed by atoms with E-state index in [1.807, 2.05) is 24.3 Å². The van der Waals surface area contributed by atoms with Crippen molar-refractivity contribution in [1.29, 1.82) is 15.8 Å². The van der Waals surface area contributed by atoms with Crippen molar-refractivity contribution >= 4 is 5.78 Å². The van der Waals surface area contributed by atoms with E-state index < -0.39 is 11.0 Å². The van der Waals surface area contributed by atoms with E-state index in [9.17, 15) is 10.1 Å². The van der Waals surface area contributed by atoms with Gasteiger partial charge in [0.05, 0.1) is 29.3 Å². The number of hydrogen-bond acceptors (Lipinski definition) is 5. The average molecular weight is 367 g/mol. The molecule has 0 N–H and O–H groups in total. The minimum absolute atomic E-state index is 0.142. The van der Waals surface area contributed by atoms with E-state index in [-0.39, 0.29) is 18.6 Å². The molecule has 2 aromatic rings. The van der Waals surface area contributed by atoms with Crippen molar-refractivity contribution in [3.8, 4) is 35.1 Å². The number of benzene rings is 2. The molecule has 4 rings (SSSR count). The Balaban J connectivity index is 1.78. The number of Topliss-reactive ketones (excluding diaryl/α,β-unsaturated/α-hetero) is 1. The second-order valence-electron chi connectivity index (χ2n) is 7.35. The minimum atomic E-state index is -1.30. The summed E-state index contributed by atoms with van der Waals surface area (Å²) in [6.07, 6.45) is 2.50. The Kier molecular flexibility index (Phi) is 4.14. The highest BCUT2D eigenvalue weighted by Crippen LogP contribution is 2.56. The van der Waals surface area contributed by atoms with Crippen molar-refractivity contribution in [2.75, 3.05) is 0 Å². The molecule has 2 aromatic carbocycles. The van der Waals surface area contributed by atoms with Gasteiger partial charge in [-0.25, -0.2) is 0 Å². The zero-order valence-corrected chi connectivity index (χ0v) is 15.2. The third-order valence-corrected chi connectivity index (χ3v) is 6.01. The van der Waals surface area contributed by atoms with Crippen molar-refractivity contribution in [3.63, 3.8) is 0 Å². The molecule has 0 aromatic heterocycles. The molecule has 1 saturated carbocycles. The Morgan fingerprint density at radius 3 is 2.29 bits per heavy atom. The molecular formula is C23H17N3O2. The van der Waals surface area contributed by atoms with E-state index in [0.29, 0.717) is 29.7 Å². The van der Waals surface area contributed by atoms with Gasteiger partial charge in [0.2, 0.25) is 0 Å². The third-order valence-electron chi connectivity index (χ3n) is 6.01. The van der Waals surface area contributed by atoms with Gasteiger partial charge in [0.15, 0.2) is 11.2 Å². The van der Waals surface area contributed by atoms with Crippen molar-refractivity contribution in [2.45, 2.75) is 37.7 Å². The number of nitrogens with zero attached hydrogens (tertiary/aromatic N) is 3.